The minimum absolute atomic E-state index is 0.0564. The summed E-state index contributed by atoms with van der Waals surface area (Å²) >= 11 is 0. The summed E-state index contributed by atoms with van der Waals surface area (Å²) in [6.45, 7) is 4.58. The van der Waals surface area contributed by atoms with Crippen LogP contribution in [0.4, 0.5) is 17.1 Å². The molecule has 0 fully saturated rings. The molecule has 2 aromatic carbocycles. The fourth-order valence-electron chi connectivity index (χ4n) is 2.45. The summed E-state index contributed by atoms with van der Waals surface area (Å²) in [5.41, 5.74) is 2.48. The highest BCUT2D eigenvalue weighted by molar-refractivity contribution is 5.97. The maximum atomic E-state index is 12.2. The van der Waals surface area contributed by atoms with Crippen LogP contribution in [-0.4, -0.2) is 44.5 Å². The lowest BCUT2D eigenvalue weighted by atomic mass is 10.2. The van der Waals surface area contributed by atoms with Crippen molar-refractivity contribution in [3.63, 3.8) is 0 Å². The molecule has 2 rings (SSSR count). The fraction of sp³-hybridized carbons (Fsp3) is 0.318. The van der Waals surface area contributed by atoms with Crippen LogP contribution in [0, 0.1) is 5.92 Å². The minimum atomic E-state index is -0.232. The van der Waals surface area contributed by atoms with Crippen molar-refractivity contribution in [2.24, 2.45) is 5.92 Å². The lowest BCUT2D eigenvalue weighted by Crippen LogP contribution is -2.27. The van der Waals surface area contributed by atoms with Crippen molar-refractivity contribution in [2.75, 3.05) is 42.8 Å². The Hall–Kier alpha value is -3.39. The highest BCUT2D eigenvalue weighted by atomic mass is 16.5. The van der Waals surface area contributed by atoms with Gasteiger partial charge in [0.1, 0.15) is 0 Å². The standard InChI is InChI=1S/C22H28N4O4/c1-15(2)21(28)26-19-6-4-5-18(13-19)24-14-20(27)25-17-9-7-16(8-10-17)22(29)23-11-12-30-3/h4-10,13,15,24H,11-12,14H2,1-3H3,(H,23,29)(H,25,27)(H,26,28). The SMILES string of the molecule is COCCNC(=O)c1ccc(NC(=O)CNc2cccc(NC(=O)C(C)C)c2)cc1. The number of benzene rings is 2. The number of rotatable bonds is 10. The first-order chi connectivity index (χ1) is 14.4. The van der Waals surface area contributed by atoms with Gasteiger partial charge in [-0.15, -0.1) is 0 Å². The van der Waals surface area contributed by atoms with E-state index in [2.05, 4.69) is 21.3 Å². The zero-order valence-corrected chi connectivity index (χ0v) is 17.5. The maximum absolute atomic E-state index is 12.2. The molecule has 0 aliphatic rings. The van der Waals surface area contributed by atoms with Crippen molar-refractivity contribution in [2.45, 2.75) is 13.8 Å². The van der Waals surface area contributed by atoms with E-state index in [0.717, 1.165) is 5.69 Å². The molecule has 0 aliphatic heterocycles. The van der Waals surface area contributed by atoms with Crippen LogP contribution in [0.5, 0.6) is 0 Å². The predicted molar refractivity (Wildman–Crippen MR) is 118 cm³/mol. The predicted octanol–water partition coefficient (Wildman–Crippen LogP) is 2.71. The van der Waals surface area contributed by atoms with E-state index >= 15 is 0 Å². The largest absolute Gasteiger partial charge is 0.383 e. The number of anilines is 3. The molecule has 0 spiro atoms. The molecule has 4 N–H and O–H groups in total. The summed E-state index contributed by atoms with van der Waals surface area (Å²) in [5.74, 6) is -0.615. The van der Waals surface area contributed by atoms with Gasteiger partial charge in [0.25, 0.3) is 5.91 Å². The van der Waals surface area contributed by atoms with Crippen molar-refractivity contribution in [1.29, 1.82) is 0 Å². The smallest absolute Gasteiger partial charge is 0.251 e. The minimum Gasteiger partial charge on any atom is -0.383 e. The van der Waals surface area contributed by atoms with Gasteiger partial charge in [-0.2, -0.15) is 0 Å². The maximum Gasteiger partial charge on any atom is 0.251 e. The lowest BCUT2D eigenvalue weighted by molar-refractivity contribution is -0.119. The second-order valence-electron chi connectivity index (χ2n) is 6.95. The van der Waals surface area contributed by atoms with Crippen LogP contribution in [0.1, 0.15) is 24.2 Å². The molecule has 160 valence electrons. The van der Waals surface area contributed by atoms with Crippen LogP contribution >= 0.6 is 0 Å². The Labute approximate surface area is 176 Å². The van der Waals surface area contributed by atoms with Gasteiger partial charge in [0.15, 0.2) is 0 Å². The summed E-state index contributed by atoms with van der Waals surface area (Å²) in [6.07, 6.45) is 0. The number of methoxy groups -OCH3 is 1. The highest BCUT2D eigenvalue weighted by Crippen LogP contribution is 2.16. The molecule has 0 heterocycles. The Bertz CT molecular complexity index is 866. The summed E-state index contributed by atoms with van der Waals surface area (Å²) in [4.78, 5) is 35.9. The van der Waals surface area contributed by atoms with Crippen molar-refractivity contribution >= 4 is 34.8 Å². The Morgan fingerprint density at radius 3 is 2.30 bits per heavy atom. The first-order valence-electron chi connectivity index (χ1n) is 9.71. The molecule has 2 aromatic rings. The number of nitrogens with one attached hydrogen (secondary N) is 4. The van der Waals surface area contributed by atoms with Crippen LogP contribution in [0.2, 0.25) is 0 Å². The third-order valence-corrected chi connectivity index (χ3v) is 4.13. The summed E-state index contributed by atoms with van der Waals surface area (Å²) in [6, 6.07) is 13.8. The average molecular weight is 412 g/mol. The number of carbonyl (C=O) groups excluding carboxylic acids is 3. The fourth-order valence-corrected chi connectivity index (χ4v) is 2.45. The van der Waals surface area contributed by atoms with Gasteiger partial charge in [-0.05, 0) is 42.5 Å². The topological polar surface area (TPSA) is 109 Å². The zero-order valence-electron chi connectivity index (χ0n) is 17.5. The van der Waals surface area contributed by atoms with Crippen molar-refractivity contribution in [3.8, 4) is 0 Å². The molecule has 0 saturated carbocycles. The molecule has 3 amide bonds. The van der Waals surface area contributed by atoms with E-state index in [4.69, 9.17) is 4.74 Å². The lowest BCUT2D eigenvalue weighted by Gasteiger charge is -2.11. The van der Waals surface area contributed by atoms with Gasteiger partial charge < -0.3 is 26.0 Å². The van der Waals surface area contributed by atoms with Gasteiger partial charge in [-0.1, -0.05) is 19.9 Å². The number of carbonyl (C=O) groups is 3. The Kier molecular flexibility index (Phi) is 8.83. The van der Waals surface area contributed by atoms with Crippen LogP contribution in [0.15, 0.2) is 48.5 Å². The molecule has 0 saturated heterocycles. The van der Waals surface area contributed by atoms with Gasteiger partial charge in [0.2, 0.25) is 11.8 Å². The Morgan fingerprint density at radius 1 is 0.933 bits per heavy atom. The summed E-state index contributed by atoms with van der Waals surface area (Å²) < 4.78 is 4.89. The molecular formula is C22H28N4O4. The van der Waals surface area contributed by atoms with E-state index in [-0.39, 0.29) is 30.2 Å². The second-order valence-corrected chi connectivity index (χ2v) is 6.95. The van der Waals surface area contributed by atoms with Gasteiger partial charge in [-0.3, -0.25) is 14.4 Å². The molecule has 30 heavy (non-hydrogen) atoms. The molecule has 0 unspecified atom stereocenters. The summed E-state index contributed by atoms with van der Waals surface area (Å²) in [5, 5.41) is 11.3. The van der Waals surface area contributed by atoms with E-state index in [1.165, 1.54) is 0 Å². The molecule has 8 nitrogen and oxygen atoms in total. The number of ether oxygens (including phenoxy) is 1. The molecule has 8 heteroatoms. The number of hydrogen-bond donors (Lipinski definition) is 4. The highest BCUT2D eigenvalue weighted by Gasteiger charge is 2.09. The van der Waals surface area contributed by atoms with E-state index < -0.39 is 0 Å². The second kappa shape index (κ2) is 11.6. The van der Waals surface area contributed by atoms with E-state index in [0.29, 0.717) is 30.1 Å². The van der Waals surface area contributed by atoms with E-state index in [9.17, 15) is 14.4 Å². The zero-order chi connectivity index (χ0) is 21.9. The van der Waals surface area contributed by atoms with Crippen LogP contribution in [0.3, 0.4) is 0 Å². The Morgan fingerprint density at radius 2 is 1.63 bits per heavy atom. The third kappa shape index (κ3) is 7.56. The molecule has 0 aliphatic carbocycles. The first-order valence-corrected chi connectivity index (χ1v) is 9.71. The van der Waals surface area contributed by atoms with Crippen molar-refractivity contribution < 1.29 is 19.1 Å². The quantitative estimate of drug-likeness (QED) is 0.449. The van der Waals surface area contributed by atoms with Crippen LogP contribution < -0.4 is 21.3 Å². The van der Waals surface area contributed by atoms with Gasteiger partial charge in [0.05, 0.1) is 13.2 Å². The van der Waals surface area contributed by atoms with E-state index in [1.807, 2.05) is 19.9 Å². The average Bonchev–Trinajstić information content (AvgIpc) is 2.73. The molecular weight excluding hydrogens is 384 g/mol. The van der Waals surface area contributed by atoms with Crippen molar-refractivity contribution in [3.05, 3.63) is 54.1 Å². The molecule has 0 aromatic heterocycles. The molecule has 0 bridgehead atoms. The van der Waals surface area contributed by atoms with Gasteiger partial charge in [0, 0.05) is 42.2 Å². The molecule has 0 radical (unpaired) electrons. The number of amides is 3. The van der Waals surface area contributed by atoms with E-state index in [1.54, 1.807) is 49.6 Å². The monoisotopic (exact) mass is 412 g/mol. The Balaban J connectivity index is 1.83. The van der Waals surface area contributed by atoms with Crippen LogP contribution in [-0.2, 0) is 14.3 Å². The van der Waals surface area contributed by atoms with Crippen LogP contribution in [0.25, 0.3) is 0 Å². The van der Waals surface area contributed by atoms with Gasteiger partial charge >= 0.3 is 0 Å². The van der Waals surface area contributed by atoms with Gasteiger partial charge in [-0.25, -0.2) is 0 Å². The summed E-state index contributed by atoms with van der Waals surface area (Å²) in [7, 11) is 1.57. The normalized spacial score (nSPS) is 10.4. The number of hydrogen-bond acceptors (Lipinski definition) is 5. The first kappa shape index (κ1) is 22.9. The van der Waals surface area contributed by atoms with Crippen molar-refractivity contribution in [1.82, 2.24) is 5.32 Å². The third-order valence-electron chi connectivity index (χ3n) is 4.13. The molecule has 0 atom stereocenters.